The number of likely N-dealkylation sites (tertiary alicyclic amines) is 1. The zero-order chi connectivity index (χ0) is 28.5. The van der Waals surface area contributed by atoms with Crippen LogP contribution in [0.5, 0.6) is 5.88 Å². The first kappa shape index (κ1) is 28.4. The number of methoxy groups -OCH3 is 1. The number of likely N-dealkylation sites (N-methyl/N-ethyl adjacent to an activating group) is 1. The molecule has 4 rings (SSSR count). The first-order valence-electron chi connectivity index (χ1n) is 12.9. The van der Waals surface area contributed by atoms with E-state index in [1.54, 1.807) is 16.2 Å². The van der Waals surface area contributed by atoms with E-state index in [2.05, 4.69) is 56.1 Å². The van der Waals surface area contributed by atoms with Crippen LogP contribution in [0, 0.1) is 5.92 Å². The average molecular weight is 553 g/mol. The lowest BCUT2D eigenvalue weighted by Gasteiger charge is -2.38. The van der Waals surface area contributed by atoms with Gasteiger partial charge in [-0.15, -0.1) is 11.3 Å². The third-order valence-electron chi connectivity index (χ3n) is 7.48. The number of anilines is 1. The molecule has 3 heterocycles. The molecule has 0 radical (unpaired) electrons. The number of nitrogens with zero attached hydrogens (tertiary/aromatic N) is 4. The fourth-order valence-electron chi connectivity index (χ4n) is 4.70. The lowest BCUT2D eigenvalue weighted by molar-refractivity contribution is -0.146. The highest BCUT2D eigenvalue weighted by molar-refractivity contribution is 7.18. The molecule has 10 nitrogen and oxygen atoms in total. The Bertz CT molecular complexity index is 1400. The molecule has 208 valence electrons. The number of thiazole rings is 1. The lowest BCUT2D eigenvalue weighted by atomic mass is 9.89. The molecule has 3 N–H and O–H groups in total. The van der Waals surface area contributed by atoms with Crippen LogP contribution in [0.4, 0.5) is 5.69 Å². The van der Waals surface area contributed by atoms with E-state index in [1.807, 2.05) is 12.1 Å². The second kappa shape index (κ2) is 11.3. The SMILES string of the molecule is COc1ncc(NC(=O)C(=O)N2C[C@@H](C)CC[C@@H]2c2ccc3sc(CC(C)(C)N(C)C)nc3c2)cc1C(N)=O. The van der Waals surface area contributed by atoms with Crippen LogP contribution in [0.2, 0.25) is 0 Å². The number of carbonyl (C=O) groups excluding carboxylic acids is 3. The van der Waals surface area contributed by atoms with Gasteiger partial charge in [-0.3, -0.25) is 14.4 Å². The van der Waals surface area contributed by atoms with Crippen molar-refractivity contribution in [3.05, 3.63) is 46.6 Å². The summed E-state index contributed by atoms with van der Waals surface area (Å²) >= 11 is 1.69. The van der Waals surface area contributed by atoms with Crippen molar-refractivity contribution in [1.29, 1.82) is 0 Å². The Morgan fingerprint density at radius 3 is 2.64 bits per heavy atom. The molecule has 3 aromatic rings. The van der Waals surface area contributed by atoms with Gasteiger partial charge in [-0.1, -0.05) is 13.0 Å². The van der Waals surface area contributed by atoms with Gasteiger partial charge in [-0.25, -0.2) is 9.97 Å². The fraction of sp³-hybridized carbons (Fsp3) is 0.464. The molecule has 0 unspecified atom stereocenters. The van der Waals surface area contributed by atoms with E-state index in [1.165, 1.54) is 19.4 Å². The number of benzene rings is 1. The molecule has 1 aliphatic heterocycles. The predicted octanol–water partition coefficient (Wildman–Crippen LogP) is 3.62. The van der Waals surface area contributed by atoms with E-state index < -0.39 is 17.7 Å². The number of ether oxygens (including phenoxy) is 1. The number of amides is 3. The van der Waals surface area contributed by atoms with E-state index in [9.17, 15) is 14.4 Å². The maximum atomic E-state index is 13.4. The number of rotatable bonds is 7. The molecule has 11 heteroatoms. The molecular formula is C28H36N6O4S. The minimum atomic E-state index is -0.806. The summed E-state index contributed by atoms with van der Waals surface area (Å²) in [6.45, 7) is 6.92. The molecule has 1 fully saturated rings. The predicted molar refractivity (Wildman–Crippen MR) is 152 cm³/mol. The van der Waals surface area contributed by atoms with Gasteiger partial charge in [0.15, 0.2) is 0 Å². The van der Waals surface area contributed by atoms with Crippen molar-refractivity contribution in [2.75, 3.05) is 33.1 Å². The number of primary amides is 1. The molecule has 1 aliphatic rings. The quantitative estimate of drug-likeness (QED) is 0.428. The van der Waals surface area contributed by atoms with E-state index in [4.69, 9.17) is 15.5 Å². The van der Waals surface area contributed by atoms with Gasteiger partial charge in [0, 0.05) is 18.5 Å². The number of nitrogens with two attached hydrogens (primary N) is 1. The van der Waals surface area contributed by atoms with Gasteiger partial charge in [0.05, 0.1) is 40.3 Å². The van der Waals surface area contributed by atoms with Crippen LogP contribution in [0.15, 0.2) is 30.5 Å². The van der Waals surface area contributed by atoms with Gasteiger partial charge in [0.1, 0.15) is 5.56 Å². The highest BCUT2D eigenvalue weighted by Gasteiger charge is 2.35. The molecule has 0 bridgehead atoms. The van der Waals surface area contributed by atoms with E-state index >= 15 is 0 Å². The summed E-state index contributed by atoms with van der Waals surface area (Å²) in [4.78, 5) is 50.9. The van der Waals surface area contributed by atoms with Gasteiger partial charge in [0.25, 0.3) is 5.91 Å². The number of fused-ring (bicyclic) bond motifs is 1. The maximum Gasteiger partial charge on any atom is 0.313 e. The fourth-order valence-corrected chi connectivity index (χ4v) is 5.87. The van der Waals surface area contributed by atoms with E-state index in [-0.39, 0.29) is 34.6 Å². The molecule has 39 heavy (non-hydrogen) atoms. The number of piperidine rings is 1. The monoisotopic (exact) mass is 552 g/mol. The van der Waals surface area contributed by atoms with Crippen molar-refractivity contribution in [2.45, 2.75) is 51.6 Å². The summed E-state index contributed by atoms with van der Waals surface area (Å²) < 4.78 is 6.14. The number of pyridine rings is 1. The number of nitrogens with one attached hydrogen (secondary N) is 1. The van der Waals surface area contributed by atoms with Crippen molar-refractivity contribution in [1.82, 2.24) is 19.8 Å². The lowest BCUT2D eigenvalue weighted by Crippen LogP contribution is -2.46. The van der Waals surface area contributed by atoms with Crippen LogP contribution in [-0.2, 0) is 16.0 Å². The topological polar surface area (TPSA) is 131 Å². The molecule has 1 saturated heterocycles. The summed E-state index contributed by atoms with van der Waals surface area (Å²) in [5, 5.41) is 3.63. The Hall–Kier alpha value is -3.57. The van der Waals surface area contributed by atoms with Gasteiger partial charge in [-0.2, -0.15) is 0 Å². The van der Waals surface area contributed by atoms with Crippen molar-refractivity contribution >= 4 is 45.0 Å². The van der Waals surface area contributed by atoms with Crippen LogP contribution >= 0.6 is 11.3 Å². The van der Waals surface area contributed by atoms with Crippen LogP contribution in [0.3, 0.4) is 0 Å². The van der Waals surface area contributed by atoms with Gasteiger partial charge < -0.3 is 25.6 Å². The van der Waals surface area contributed by atoms with Crippen molar-refractivity contribution < 1.29 is 19.1 Å². The van der Waals surface area contributed by atoms with Crippen LogP contribution in [0.1, 0.15) is 60.6 Å². The summed E-state index contributed by atoms with van der Waals surface area (Å²) in [5.74, 6) is -1.90. The maximum absolute atomic E-state index is 13.4. The Morgan fingerprint density at radius 1 is 1.23 bits per heavy atom. The Balaban J connectivity index is 1.56. The highest BCUT2D eigenvalue weighted by Crippen LogP contribution is 2.36. The first-order chi connectivity index (χ1) is 18.4. The first-order valence-corrected chi connectivity index (χ1v) is 13.7. The van der Waals surface area contributed by atoms with Crippen LogP contribution < -0.4 is 15.8 Å². The summed E-state index contributed by atoms with van der Waals surface area (Å²) in [6, 6.07) is 7.24. The largest absolute Gasteiger partial charge is 0.480 e. The van der Waals surface area contributed by atoms with Gasteiger partial charge >= 0.3 is 11.8 Å². The molecule has 3 amide bonds. The standard InChI is InChI=1S/C28H36N6O4S/c1-16-7-9-21(17-8-10-22-20(11-17)32-23(39-22)13-28(2,3)33(4)5)34(15-16)27(37)25(36)31-18-12-19(24(29)35)26(38-6)30-14-18/h8,10-12,14,16,21H,7,9,13,15H2,1-6H3,(H2,29,35)(H,31,36)/t16-,21+/m0/s1. The Morgan fingerprint density at radius 2 is 1.97 bits per heavy atom. The zero-order valence-corrected chi connectivity index (χ0v) is 24.1. The summed E-state index contributed by atoms with van der Waals surface area (Å²) in [7, 11) is 5.50. The van der Waals surface area contributed by atoms with Crippen LogP contribution in [0.25, 0.3) is 10.2 Å². The molecule has 2 atom stereocenters. The minimum Gasteiger partial charge on any atom is -0.480 e. The third-order valence-corrected chi connectivity index (χ3v) is 8.51. The van der Waals surface area contributed by atoms with Crippen molar-refractivity contribution in [3.8, 4) is 5.88 Å². The zero-order valence-electron chi connectivity index (χ0n) is 23.3. The number of hydrogen-bond acceptors (Lipinski definition) is 8. The molecule has 0 spiro atoms. The molecule has 2 aromatic heterocycles. The van der Waals surface area contributed by atoms with Crippen molar-refractivity contribution in [3.63, 3.8) is 0 Å². The summed E-state index contributed by atoms with van der Waals surface area (Å²) in [6.07, 6.45) is 3.83. The second-order valence-corrected chi connectivity index (χ2v) is 12.1. The van der Waals surface area contributed by atoms with Gasteiger partial charge in [0.2, 0.25) is 5.88 Å². The Kier molecular flexibility index (Phi) is 8.22. The molecule has 0 aliphatic carbocycles. The third kappa shape index (κ3) is 6.20. The molecule has 1 aromatic carbocycles. The van der Waals surface area contributed by atoms with Gasteiger partial charge in [-0.05, 0) is 70.5 Å². The second-order valence-electron chi connectivity index (χ2n) is 11.0. The minimum absolute atomic E-state index is 0.0112. The smallest absolute Gasteiger partial charge is 0.313 e. The molecule has 0 saturated carbocycles. The highest BCUT2D eigenvalue weighted by atomic mass is 32.1. The van der Waals surface area contributed by atoms with E-state index in [0.29, 0.717) is 6.54 Å². The normalized spacial score (nSPS) is 17.9. The Labute approximate surface area is 232 Å². The number of carbonyl (C=O) groups is 3. The summed E-state index contributed by atoms with van der Waals surface area (Å²) in [5.41, 5.74) is 7.43. The van der Waals surface area contributed by atoms with E-state index in [0.717, 1.165) is 40.1 Å². The number of hydrogen-bond donors (Lipinski definition) is 2. The average Bonchev–Trinajstić information content (AvgIpc) is 3.28. The molecular weight excluding hydrogens is 516 g/mol. The number of aromatic nitrogens is 2. The van der Waals surface area contributed by atoms with Crippen LogP contribution in [-0.4, -0.2) is 70.8 Å². The van der Waals surface area contributed by atoms with Crippen molar-refractivity contribution in [2.24, 2.45) is 11.7 Å².